The summed E-state index contributed by atoms with van der Waals surface area (Å²) in [6.45, 7) is 0. The zero-order chi connectivity index (χ0) is 23.2. The van der Waals surface area contributed by atoms with Gasteiger partial charge in [-0.3, -0.25) is 13.9 Å². The maximum atomic E-state index is 13.2. The number of hydrogen-bond acceptors (Lipinski definition) is 7. The van der Waals surface area contributed by atoms with E-state index in [1.165, 1.54) is 27.3 Å². The molecule has 0 amide bonds. The highest BCUT2D eigenvalue weighted by atomic mass is 16.5. The number of rotatable bonds is 4. The Morgan fingerprint density at radius 3 is 2.28 bits per heavy atom. The number of aromatic hydroxyl groups is 2. The third kappa shape index (κ3) is 3.06. The van der Waals surface area contributed by atoms with Gasteiger partial charge in [0.05, 0.1) is 29.5 Å². The molecule has 2 aromatic carbocycles. The number of aromatic nitrogens is 2. The molecule has 0 radical (unpaired) electrons. The van der Waals surface area contributed by atoms with E-state index in [1.54, 1.807) is 42.5 Å². The third-order valence-corrected chi connectivity index (χ3v) is 5.51. The van der Waals surface area contributed by atoms with Crippen molar-refractivity contribution < 1.29 is 19.4 Å². The molecule has 0 spiro atoms. The lowest BCUT2D eigenvalue weighted by atomic mass is 9.85. The van der Waals surface area contributed by atoms with E-state index in [9.17, 15) is 24.6 Å². The van der Waals surface area contributed by atoms with Gasteiger partial charge in [-0.2, -0.15) is 0 Å². The third-order valence-electron chi connectivity index (χ3n) is 5.51. The van der Waals surface area contributed by atoms with Gasteiger partial charge >= 0.3 is 11.3 Å². The van der Waals surface area contributed by atoms with Crippen molar-refractivity contribution in [2.45, 2.75) is 5.92 Å². The normalized spacial score (nSPS) is 12.1. The molecular formula is C23H20N2O7. The van der Waals surface area contributed by atoms with E-state index in [0.29, 0.717) is 11.3 Å². The Morgan fingerprint density at radius 2 is 1.56 bits per heavy atom. The van der Waals surface area contributed by atoms with Crippen LogP contribution in [0.5, 0.6) is 17.4 Å². The second kappa shape index (κ2) is 7.77. The lowest BCUT2D eigenvalue weighted by Gasteiger charge is -2.22. The summed E-state index contributed by atoms with van der Waals surface area (Å²) >= 11 is 0. The van der Waals surface area contributed by atoms with Crippen molar-refractivity contribution in [3.05, 3.63) is 96.5 Å². The molecule has 0 bridgehead atoms. The van der Waals surface area contributed by atoms with Gasteiger partial charge in [-0.15, -0.1) is 0 Å². The molecule has 9 heteroatoms. The zero-order valence-electron chi connectivity index (χ0n) is 17.5. The van der Waals surface area contributed by atoms with E-state index in [2.05, 4.69) is 0 Å². The van der Waals surface area contributed by atoms with Crippen molar-refractivity contribution in [1.29, 1.82) is 0 Å². The number of benzene rings is 2. The van der Waals surface area contributed by atoms with Gasteiger partial charge in [-0.05, 0) is 18.2 Å². The minimum atomic E-state index is -1.29. The summed E-state index contributed by atoms with van der Waals surface area (Å²) in [7, 11) is 3.97. The highest BCUT2D eigenvalue weighted by molar-refractivity contribution is 5.84. The highest BCUT2D eigenvalue weighted by Gasteiger charge is 2.34. The maximum absolute atomic E-state index is 13.2. The monoisotopic (exact) mass is 436 g/mol. The Labute approximate surface area is 181 Å². The predicted octanol–water partition coefficient (Wildman–Crippen LogP) is 1.79. The first-order valence-electron chi connectivity index (χ1n) is 9.64. The molecule has 0 aliphatic heterocycles. The van der Waals surface area contributed by atoms with Crippen LogP contribution in [-0.2, 0) is 14.1 Å². The smallest absolute Gasteiger partial charge is 0.344 e. The van der Waals surface area contributed by atoms with Crippen LogP contribution in [-0.4, -0.2) is 26.5 Å². The van der Waals surface area contributed by atoms with E-state index < -0.39 is 34.4 Å². The van der Waals surface area contributed by atoms with E-state index >= 15 is 0 Å². The average molecular weight is 436 g/mol. The molecule has 2 N–H and O–H groups in total. The Bertz CT molecular complexity index is 1530. The number of fused-ring (bicyclic) bond motifs is 1. The minimum absolute atomic E-state index is 0.162. The van der Waals surface area contributed by atoms with Gasteiger partial charge in [0.1, 0.15) is 17.1 Å². The quantitative estimate of drug-likeness (QED) is 0.468. The average Bonchev–Trinajstić information content (AvgIpc) is 2.80. The SMILES string of the molecule is COc1ccccc1C(c1c(O)c2ccccc2oc1=O)c1c(O)n(C)c(=O)n(C)c1=O. The Morgan fingerprint density at radius 1 is 0.906 bits per heavy atom. The maximum Gasteiger partial charge on any atom is 0.344 e. The number of ether oxygens (including phenoxy) is 1. The van der Waals surface area contributed by atoms with Crippen molar-refractivity contribution in [2.75, 3.05) is 7.11 Å². The van der Waals surface area contributed by atoms with E-state index in [0.717, 1.165) is 9.13 Å². The minimum Gasteiger partial charge on any atom is -0.507 e. The first-order valence-corrected chi connectivity index (χ1v) is 9.64. The Kier molecular flexibility index (Phi) is 5.09. The van der Waals surface area contributed by atoms with Crippen LogP contribution < -0.4 is 21.6 Å². The fourth-order valence-electron chi connectivity index (χ4n) is 3.87. The summed E-state index contributed by atoms with van der Waals surface area (Å²) < 4.78 is 12.6. The lowest BCUT2D eigenvalue weighted by Crippen LogP contribution is -2.40. The molecule has 0 fully saturated rings. The number of nitrogens with zero attached hydrogens (tertiary/aromatic N) is 2. The molecule has 0 saturated heterocycles. The van der Waals surface area contributed by atoms with Crippen LogP contribution in [0, 0.1) is 0 Å². The first-order chi connectivity index (χ1) is 15.3. The fourth-order valence-corrected chi connectivity index (χ4v) is 3.87. The number of methoxy groups -OCH3 is 1. The Balaban J connectivity index is 2.22. The molecule has 9 nitrogen and oxygen atoms in total. The summed E-state index contributed by atoms with van der Waals surface area (Å²) in [5.41, 5.74) is -2.53. The topological polar surface area (TPSA) is 124 Å². The van der Waals surface area contributed by atoms with Crippen molar-refractivity contribution in [2.24, 2.45) is 14.1 Å². The second-order valence-electron chi connectivity index (χ2n) is 7.27. The molecule has 4 rings (SSSR count). The van der Waals surface area contributed by atoms with Gasteiger partial charge in [0.25, 0.3) is 5.56 Å². The van der Waals surface area contributed by atoms with Crippen LogP contribution in [0.2, 0.25) is 0 Å². The van der Waals surface area contributed by atoms with Crippen molar-refractivity contribution >= 4 is 11.0 Å². The summed E-state index contributed by atoms with van der Waals surface area (Å²) in [5.74, 6) is -2.03. The molecule has 1 atom stereocenters. The highest BCUT2D eigenvalue weighted by Crippen LogP contribution is 2.42. The van der Waals surface area contributed by atoms with E-state index in [-0.39, 0.29) is 22.1 Å². The van der Waals surface area contributed by atoms with Crippen molar-refractivity contribution in [3.63, 3.8) is 0 Å². The van der Waals surface area contributed by atoms with Gasteiger partial charge in [0.15, 0.2) is 0 Å². The molecule has 0 saturated carbocycles. The van der Waals surface area contributed by atoms with Crippen LogP contribution in [0.3, 0.4) is 0 Å². The number of para-hydroxylation sites is 2. The molecule has 2 heterocycles. The lowest BCUT2D eigenvalue weighted by molar-refractivity contribution is 0.393. The van der Waals surface area contributed by atoms with Crippen LogP contribution in [0.4, 0.5) is 0 Å². The van der Waals surface area contributed by atoms with Crippen molar-refractivity contribution in [3.8, 4) is 17.4 Å². The molecule has 1 unspecified atom stereocenters. The van der Waals surface area contributed by atoms with Crippen LogP contribution in [0.1, 0.15) is 22.6 Å². The molecule has 0 aliphatic rings. The second-order valence-corrected chi connectivity index (χ2v) is 7.27. The largest absolute Gasteiger partial charge is 0.507 e. The van der Waals surface area contributed by atoms with Crippen LogP contribution in [0.25, 0.3) is 11.0 Å². The fraction of sp³-hybridized carbons (Fsp3) is 0.174. The molecule has 2 aromatic heterocycles. The Hall–Kier alpha value is -4.27. The number of hydrogen-bond donors (Lipinski definition) is 2. The summed E-state index contributed by atoms with van der Waals surface area (Å²) in [6.07, 6.45) is 0. The zero-order valence-corrected chi connectivity index (χ0v) is 17.5. The molecule has 4 aromatic rings. The van der Waals surface area contributed by atoms with E-state index in [4.69, 9.17) is 9.15 Å². The van der Waals surface area contributed by atoms with E-state index in [1.807, 2.05) is 0 Å². The van der Waals surface area contributed by atoms with Gasteiger partial charge in [0, 0.05) is 19.7 Å². The van der Waals surface area contributed by atoms with Gasteiger partial charge in [0.2, 0.25) is 5.88 Å². The molecule has 32 heavy (non-hydrogen) atoms. The molecule has 0 aliphatic carbocycles. The first kappa shape index (κ1) is 21.0. The molecular weight excluding hydrogens is 416 g/mol. The van der Waals surface area contributed by atoms with Crippen LogP contribution >= 0.6 is 0 Å². The summed E-state index contributed by atoms with van der Waals surface area (Å²) in [4.78, 5) is 38.5. The van der Waals surface area contributed by atoms with Gasteiger partial charge < -0.3 is 19.4 Å². The summed E-state index contributed by atoms with van der Waals surface area (Å²) in [6, 6.07) is 13.0. The molecule has 164 valence electrons. The van der Waals surface area contributed by atoms with Crippen molar-refractivity contribution in [1.82, 2.24) is 9.13 Å². The van der Waals surface area contributed by atoms with Crippen LogP contribution in [0.15, 0.2) is 67.3 Å². The van der Waals surface area contributed by atoms with Gasteiger partial charge in [-0.25, -0.2) is 9.59 Å². The summed E-state index contributed by atoms with van der Waals surface area (Å²) in [5, 5.41) is 22.2. The standard InChI is InChI=1S/C23H20N2O7/c1-24-20(27)18(21(28)25(2)23(24)30)16(12-8-4-6-10-14(12)31-3)17-19(26)13-9-5-7-11-15(13)32-22(17)29/h4-11,16,26-27H,1-3H3. The van der Waals surface area contributed by atoms with Gasteiger partial charge in [-0.1, -0.05) is 30.3 Å². The predicted molar refractivity (Wildman–Crippen MR) is 117 cm³/mol.